The largest absolute Gasteiger partial charge is 0.383 e. The van der Waals surface area contributed by atoms with Crippen LogP contribution in [0.3, 0.4) is 0 Å². The van der Waals surface area contributed by atoms with Gasteiger partial charge >= 0.3 is 6.03 Å². The summed E-state index contributed by atoms with van der Waals surface area (Å²) in [5.74, 6) is 0.779. The molecule has 3 aromatic rings. The highest BCUT2D eigenvalue weighted by Crippen LogP contribution is 2.29. The molecule has 0 aliphatic heterocycles. The quantitative estimate of drug-likeness (QED) is 0.494. The normalized spacial score (nSPS) is 11.6. The minimum Gasteiger partial charge on any atom is -0.383 e. The Morgan fingerprint density at radius 2 is 1.93 bits per heavy atom. The van der Waals surface area contributed by atoms with Crippen LogP contribution < -0.4 is 15.5 Å². The fourth-order valence-corrected chi connectivity index (χ4v) is 3.20. The van der Waals surface area contributed by atoms with Gasteiger partial charge in [0.1, 0.15) is 5.82 Å². The lowest BCUT2D eigenvalue weighted by atomic mass is 10.3. The Morgan fingerprint density at radius 1 is 1.17 bits per heavy atom. The van der Waals surface area contributed by atoms with E-state index in [2.05, 4.69) is 20.6 Å². The van der Waals surface area contributed by atoms with Gasteiger partial charge in [0.15, 0.2) is 0 Å². The predicted molar refractivity (Wildman–Crippen MR) is 121 cm³/mol. The van der Waals surface area contributed by atoms with Gasteiger partial charge in [-0.05, 0) is 37.3 Å². The van der Waals surface area contributed by atoms with E-state index in [1.54, 1.807) is 37.6 Å². The third-order valence-electron chi connectivity index (χ3n) is 4.05. The molecule has 9 heteroatoms. The zero-order chi connectivity index (χ0) is 21.5. The minimum absolute atomic E-state index is 0.00266. The van der Waals surface area contributed by atoms with E-state index >= 15 is 0 Å². The first-order valence-electron chi connectivity index (χ1n) is 9.17. The van der Waals surface area contributed by atoms with Crippen molar-refractivity contribution in [1.29, 1.82) is 0 Å². The molecule has 0 spiro atoms. The van der Waals surface area contributed by atoms with Gasteiger partial charge < -0.3 is 15.4 Å². The first-order valence-corrected chi connectivity index (χ1v) is 9.93. The molecule has 0 bridgehead atoms. The molecule has 2 aromatic carbocycles. The van der Waals surface area contributed by atoms with E-state index in [1.807, 2.05) is 37.3 Å². The predicted octanol–water partition coefficient (Wildman–Crippen LogP) is 5.60. The lowest BCUT2D eigenvalue weighted by Gasteiger charge is -2.23. The lowest BCUT2D eigenvalue weighted by molar-refractivity contribution is 0.190. The van der Waals surface area contributed by atoms with Gasteiger partial charge in [-0.15, -0.1) is 0 Å². The highest BCUT2D eigenvalue weighted by atomic mass is 35.5. The average molecular weight is 446 g/mol. The molecule has 30 heavy (non-hydrogen) atoms. The summed E-state index contributed by atoms with van der Waals surface area (Å²) < 4.78 is 5.13. The number of urea groups is 1. The molecule has 0 unspecified atom stereocenters. The van der Waals surface area contributed by atoms with Crippen LogP contribution in [0.25, 0.3) is 0 Å². The molecule has 1 heterocycles. The van der Waals surface area contributed by atoms with E-state index in [4.69, 9.17) is 27.9 Å². The Bertz CT molecular complexity index is 1000. The summed E-state index contributed by atoms with van der Waals surface area (Å²) in [6.45, 7) is 2.44. The number of ether oxygens (including phenoxy) is 1. The van der Waals surface area contributed by atoms with Crippen LogP contribution in [0.15, 0.2) is 60.8 Å². The molecule has 0 aliphatic rings. The van der Waals surface area contributed by atoms with E-state index in [1.165, 1.54) is 4.90 Å². The van der Waals surface area contributed by atoms with Gasteiger partial charge in [0, 0.05) is 30.4 Å². The van der Waals surface area contributed by atoms with Crippen LogP contribution in [-0.4, -0.2) is 35.8 Å². The van der Waals surface area contributed by atoms with E-state index < -0.39 is 6.03 Å². The maximum atomic E-state index is 13.2. The first-order chi connectivity index (χ1) is 14.5. The summed E-state index contributed by atoms with van der Waals surface area (Å²) in [5, 5.41) is 6.78. The average Bonchev–Trinajstić information content (AvgIpc) is 2.71. The first kappa shape index (κ1) is 21.8. The van der Waals surface area contributed by atoms with Gasteiger partial charge in [-0.25, -0.2) is 14.7 Å². The molecule has 1 atom stereocenters. The molecule has 2 N–H and O–H groups in total. The van der Waals surface area contributed by atoms with Crippen molar-refractivity contribution in [3.05, 3.63) is 70.8 Å². The molecule has 0 radical (unpaired) electrons. The van der Waals surface area contributed by atoms with Crippen LogP contribution in [-0.2, 0) is 4.74 Å². The van der Waals surface area contributed by atoms with Crippen LogP contribution >= 0.6 is 23.2 Å². The molecule has 2 amide bonds. The van der Waals surface area contributed by atoms with Crippen molar-refractivity contribution in [2.24, 2.45) is 0 Å². The Morgan fingerprint density at radius 3 is 2.63 bits per heavy atom. The second-order valence-electron chi connectivity index (χ2n) is 6.46. The van der Waals surface area contributed by atoms with Gasteiger partial charge in [0.2, 0.25) is 5.95 Å². The SMILES string of the molecule is COC[C@H](C)Nc1nccc(N(C(=O)Nc2ccc(Cl)cc2Cl)c2ccccc2)n1. The number of amides is 2. The van der Waals surface area contributed by atoms with E-state index in [0.29, 0.717) is 39.8 Å². The summed E-state index contributed by atoms with van der Waals surface area (Å²) in [5.41, 5.74) is 1.07. The fraction of sp³-hybridized carbons (Fsp3) is 0.190. The summed E-state index contributed by atoms with van der Waals surface area (Å²) in [6.07, 6.45) is 1.59. The number of carbonyl (C=O) groups excluding carboxylic acids is 1. The second kappa shape index (κ2) is 10.2. The molecule has 0 fully saturated rings. The van der Waals surface area contributed by atoms with Gasteiger partial charge in [-0.1, -0.05) is 41.4 Å². The number of nitrogens with one attached hydrogen (secondary N) is 2. The molecular formula is C21H21Cl2N5O2. The van der Waals surface area contributed by atoms with Crippen LogP contribution in [0.5, 0.6) is 0 Å². The number of anilines is 4. The second-order valence-corrected chi connectivity index (χ2v) is 7.31. The smallest absolute Gasteiger partial charge is 0.332 e. The van der Waals surface area contributed by atoms with Crippen LogP contribution in [0, 0.1) is 0 Å². The highest BCUT2D eigenvalue weighted by Gasteiger charge is 2.21. The molecule has 3 rings (SSSR count). The summed E-state index contributed by atoms with van der Waals surface area (Å²) in [7, 11) is 1.62. The zero-order valence-electron chi connectivity index (χ0n) is 16.5. The number of hydrogen-bond donors (Lipinski definition) is 2. The fourth-order valence-electron chi connectivity index (χ4n) is 2.75. The van der Waals surface area contributed by atoms with Gasteiger partial charge in [0.25, 0.3) is 0 Å². The molecule has 7 nitrogen and oxygen atoms in total. The summed E-state index contributed by atoms with van der Waals surface area (Å²) in [6, 6.07) is 15.3. The van der Waals surface area contributed by atoms with Crippen molar-refractivity contribution in [3.8, 4) is 0 Å². The number of aromatic nitrogens is 2. The Labute approximate surface area is 185 Å². The topological polar surface area (TPSA) is 79.4 Å². The van der Waals surface area contributed by atoms with Gasteiger partial charge in [-0.3, -0.25) is 0 Å². The standard InChI is InChI=1S/C21H21Cl2N5O2/c1-14(13-30-2)25-20-24-11-10-19(27-20)28(16-6-4-3-5-7-16)21(29)26-18-9-8-15(22)12-17(18)23/h3-12,14H,13H2,1-2H3,(H,26,29)(H,24,25,27)/t14-/m0/s1. The zero-order valence-corrected chi connectivity index (χ0v) is 18.0. The lowest BCUT2D eigenvalue weighted by Crippen LogP contribution is -2.32. The Balaban J connectivity index is 1.93. The molecule has 156 valence electrons. The van der Waals surface area contributed by atoms with E-state index in [0.717, 1.165) is 0 Å². The van der Waals surface area contributed by atoms with E-state index in [9.17, 15) is 4.79 Å². The monoisotopic (exact) mass is 445 g/mol. The van der Waals surface area contributed by atoms with Gasteiger partial charge in [-0.2, -0.15) is 4.98 Å². The van der Waals surface area contributed by atoms with Crippen LogP contribution in [0.4, 0.5) is 27.9 Å². The number of methoxy groups -OCH3 is 1. The van der Waals surface area contributed by atoms with Crippen molar-refractivity contribution in [3.63, 3.8) is 0 Å². The van der Waals surface area contributed by atoms with Gasteiger partial charge in [0.05, 0.1) is 23.0 Å². The summed E-state index contributed by atoms with van der Waals surface area (Å²) >= 11 is 12.2. The number of halogens is 2. The number of rotatable bonds is 7. The Hall–Kier alpha value is -2.87. The maximum absolute atomic E-state index is 13.2. The van der Waals surface area contributed by atoms with Crippen molar-refractivity contribution in [1.82, 2.24) is 9.97 Å². The number of para-hydroxylation sites is 1. The third kappa shape index (κ3) is 5.60. The van der Waals surface area contributed by atoms with Crippen LogP contribution in [0.1, 0.15) is 6.92 Å². The van der Waals surface area contributed by atoms with Crippen LogP contribution in [0.2, 0.25) is 10.0 Å². The Kier molecular flexibility index (Phi) is 7.46. The number of hydrogen-bond acceptors (Lipinski definition) is 5. The molecule has 0 saturated heterocycles. The van der Waals surface area contributed by atoms with E-state index in [-0.39, 0.29) is 6.04 Å². The summed E-state index contributed by atoms with van der Waals surface area (Å²) in [4.78, 5) is 23.4. The molecule has 0 saturated carbocycles. The van der Waals surface area contributed by atoms with Crippen molar-refractivity contribution in [2.75, 3.05) is 29.3 Å². The molecule has 0 aliphatic carbocycles. The third-order valence-corrected chi connectivity index (χ3v) is 4.60. The maximum Gasteiger partial charge on any atom is 0.332 e. The van der Waals surface area contributed by atoms with Crippen molar-refractivity contribution in [2.45, 2.75) is 13.0 Å². The minimum atomic E-state index is -0.431. The number of nitrogens with zero attached hydrogens (tertiary/aromatic N) is 3. The molecule has 1 aromatic heterocycles. The highest BCUT2D eigenvalue weighted by molar-refractivity contribution is 6.36. The number of carbonyl (C=O) groups is 1. The number of benzene rings is 2. The van der Waals surface area contributed by atoms with Crippen molar-refractivity contribution >= 4 is 52.4 Å². The van der Waals surface area contributed by atoms with Crippen molar-refractivity contribution < 1.29 is 9.53 Å². The molecular weight excluding hydrogens is 425 g/mol.